The van der Waals surface area contributed by atoms with E-state index in [1.54, 1.807) is 19.1 Å². The number of aryl methyl sites for hydroxylation is 1. The van der Waals surface area contributed by atoms with Crippen LogP contribution < -0.4 is 4.72 Å². The second-order valence-corrected chi connectivity index (χ2v) is 7.11. The molecule has 0 bridgehead atoms. The molecule has 0 unspecified atom stereocenters. The van der Waals surface area contributed by atoms with Gasteiger partial charge in [0.1, 0.15) is 5.82 Å². The Kier molecular flexibility index (Phi) is 4.36. The molecule has 7 heteroatoms. The normalized spacial score (nSPS) is 11.4. The standard InChI is InChI=1S/C13H10BrClFNO2S/c1-8-2-4-10(16)7-13(8)20(18,19)17-12-6-9(14)3-5-11(12)15/h2-7,17H,1H3. The van der Waals surface area contributed by atoms with Gasteiger partial charge in [-0.3, -0.25) is 4.72 Å². The summed E-state index contributed by atoms with van der Waals surface area (Å²) in [5.41, 5.74) is 0.676. The van der Waals surface area contributed by atoms with Crippen molar-refractivity contribution < 1.29 is 12.8 Å². The third-order valence-electron chi connectivity index (χ3n) is 2.61. The Bertz CT molecular complexity index is 765. The molecule has 2 aromatic rings. The van der Waals surface area contributed by atoms with Crippen LogP contribution in [0.15, 0.2) is 45.8 Å². The van der Waals surface area contributed by atoms with Crippen molar-refractivity contribution >= 4 is 43.2 Å². The average molecular weight is 379 g/mol. The summed E-state index contributed by atoms with van der Waals surface area (Å²) in [5, 5.41) is 0.255. The first kappa shape index (κ1) is 15.3. The molecule has 0 aromatic heterocycles. The highest BCUT2D eigenvalue weighted by molar-refractivity contribution is 9.10. The molecule has 3 nitrogen and oxygen atoms in total. The molecule has 2 rings (SSSR count). The van der Waals surface area contributed by atoms with Gasteiger partial charge >= 0.3 is 0 Å². The molecule has 2 aromatic carbocycles. The van der Waals surface area contributed by atoms with Crippen LogP contribution in [-0.2, 0) is 10.0 Å². The number of anilines is 1. The van der Waals surface area contributed by atoms with Crippen molar-refractivity contribution in [2.24, 2.45) is 0 Å². The second kappa shape index (κ2) is 5.71. The lowest BCUT2D eigenvalue weighted by Gasteiger charge is -2.12. The van der Waals surface area contributed by atoms with Crippen molar-refractivity contribution in [2.75, 3.05) is 4.72 Å². The lowest BCUT2D eigenvalue weighted by molar-refractivity contribution is 0.594. The Hall–Kier alpha value is -1.11. The minimum atomic E-state index is -3.90. The van der Waals surface area contributed by atoms with Gasteiger partial charge in [0, 0.05) is 4.47 Å². The van der Waals surface area contributed by atoms with Gasteiger partial charge in [-0.05, 0) is 42.8 Å². The number of nitrogens with one attached hydrogen (secondary N) is 1. The van der Waals surface area contributed by atoms with E-state index in [1.165, 1.54) is 18.2 Å². The van der Waals surface area contributed by atoms with Crippen LogP contribution >= 0.6 is 27.5 Å². The summed E-state index contributed by atoms with van der Waals surface area (Å²) in [4.78, 5) is -0.117. The van der Waals surface area contributed by atoms with Crippen LogP contribution in [0.5, 0.6) is 0 Å². The molecule has 0 aliphatic heterocycles. The second-order valence-electron chi connectivity index (χ2n) is 4.14. The zero-order valence-electron chi connectivity index (χ0n) is 10.3. The van der Waals surface area contributed by atoms with Gasteiger partial charge in [0.15, 0.2) is 0 Å². The van der Waals surface area contributed by atoms with E-state index in [1.807, 2.05) is 0 Å². The summed E-state index contributed by atoms with van der Waals surface area (Å²) in [5.74, 6) is -0.615. The van der Waals surface area contributed by atoms with Gasteiger partial charge in [-0.2, -0.15) is 0 Å². The summed E-state index contributed by atoms with van der Waals surface area (Å²) in [7, 11) is -3.90. The van der Waals surface area contributed by atoms with Gasteiger partial charge in [0.25, 0.3) is 10.0 Å². The van der Waals surface area contributed by atoms with Crippen LogP contribution in [-0.4, -0.2) is 8.42 Å². The van der Waals surface area contributed by atoms with E-state index >= 15 is 0 Å². The van der Waals surface area contributed by atoms with Gasteiger partial charge < -0.3 is 0 Å². The molecule has 0 aliphatic carbocycles. The van der Waals surface area contributed by atoms with Crippen molar-refractivity contribution in [1.29, 1.82) is 0 Å². The molecule has 0 amide bonds. The van der Waals surface area contributed by atoms with Crippen molar-refractivity contribution in [3.63, 3.8) is 0 Å². The number of benzene rings is 2. The Morgan fingerprint density at radius 1 is 1.20 bits per heavy atom. The van der Waals surface area contributed by atoms with Crippen molar-refractivity contribution in [3.05, 3.63) is 57.3 Å². The van der Waals surface area contributed by atoms with Gasteiger partial charge in [0.05, 0.1) is 15.6 Å². The predicted octanol–water partition coefficient (Wildman–Crippen LogP) is 4.35. The smallest absolute Gasteiger partial charge is 0.262 e. The van der Waals surface area contributed by atoms with Crippen LogP contribution in [0.1, 0.15) is 5.56 Å². The van der Waals surface area contributed by atoms with Crippen molar-refractivity contribution in [2.45, 2.75) is 11.8 Å². The summed E-state index contributed by atoms with van der Waals surface area (Å²) >= 11 is 9.17. The Morgan fingerprint density at radius 3 is 2.60 bits per heavy atom. The van der Waals surface area contributed by atoms with Gasteiger partial charge in [-0.25, -0.2) is 12.8 Å². The summed E-state index contributed by atoms with van der Waals surface area (Å²) < 4.78 is 40.8. The zero-order chi connectivity index (χ0) is 14.9. The first-order valence-electron chi connectivity index (χ1n) is 5.53. The van der Waals surface area contributed by atoms with Gasteiger partial charge in [0.2, 0.25) is 0 Å². The monoisotopic (exact) mass is 377 g/mol. The quantitative estimate of drug-likeness (QED) is 0.863. The maximum Gasteiger partial charge on any atom is 0.262 e. The fourth-order valence-corrected chi connectivity index (χ4v) is 3.55. The van der Waals surface area contributed by atoms with Crippen molar-refractivity contribution in [1.82, 2.24) is 0 Å². The van der Waals surface area contributed by atoms with Gasteiger partial charge in [-0.15, -0.1) is 0 Å². The van der Waals surface area contributed by atoms with Crippen LogP contribution in [0, 0.1) is 12.7 Å². The fourth-order valence-electron chi connectivity index (χ4n) is 1.64. The van der Waals surface area contributed by atoms with E-state index in [0.717, 1.165) is 6.07 Å². The summed E-state index contributed by atoms with van der Waals surface area (Å²) in [6.07, 6.45) is 0. The molecule has 0 atom stereocenters. The third-order valence-corrected chi connectivity index (χ3v) is 4.94. The molecule has 0 aliphatic rings. The molecular weight excluding hydrogens is 369 g/mol. The molecule has 0 fully saturated rings. The molecule has 0 saturated heterocycles. The zero-order valence-corrected chi connectivity index (χ0v) is 13.5. The van der Waals surface area contributed by atoms with Gasteiger partial charge in [-0.1, -0.05) is 33.6 Å². The van der Waals surface area contributed by atoms with Crippen LogP contribution in [0.4, 0.5) is 10.1 Å². The lowest BCUT2D eigenvalue weighted by Crippen LogP contribution is -2.14. The highest BCUT2D eigenvalue weighted by Crippen LogP contribution is 2.28. The highest BCUT2D eigenvalue weighted by atomic mass is 79.9. The van der Waals surface area contributed by atoms with E-state index in [0.29, 0.717) is 10.0 Å². The van der Waals surface area contributed by atoms with Crippen molar-refractivity contribution in [3.8, 4) is 0 Å². The topological polar surface area (TPSA) is 46.2 Å². The minimum absolute atomic E-state index is 0.117. The fraction of sp³-hybridized carbons (Fsp3) is 0.0769. The first-order chi connectivity index (χ1) is 9.29. The first-order valence-corrected chi connectivity index (χ1v) is 8.19. The molecule has 0 radical (unpaired) electrons. The number of hydrogen-bond acceptors (Lipinski definition) is 2. The minimum Gasteiger partial charge on any atom is -0.278 e. The number of halogens is 3. The Balaban J connectivity index is 2.46. The van der Waals surface area contributed by atoms with Crippen LogP contribution in [0.2, 0.25) is 5.02 Å². The third kappa shape index (κ3) is 3.31. The van der Waals surface area contributed by atoms with E-state index in [9.17, 15) is 12.8 Å². The number of rotatable bonds is 3. The maximum absolute atomic E-state index is 13.2. The summed E-state index contributed by atoms with van der Waals surface area (Å²) in [6.45, 7) is 1.59. The maximum atomic E-state index is 13.2. The average Bonchev–Trinajstić information content (AvgIpc) is 2.36. The summed E-state index contributed by atoms with van der Waals surface area (Å²) in [6, 6.07) is 8.38. The Morgan fingerprint density at radius 2 is 1.90 bits per heavy atom. The number of hydrogen-bond donors (Lipinski definition) is 1. The highest BCUT2D eigenvalue weighted by Gasteiger charge is 2.19. The van der Waals surface area contributed by atoms with Crippen LogP contribution in [0.3, 0.4) is 0 Å². The van der Waals surface area contributed by atoms with E-state index in [4.69, 9.17) is 11.6 Å². The molecule has 0 saturated carbocycles. The number of sulfonamides is 1. The molecular formula is C13H10BrClFNO2S. The Labute approximate surface area is 130 Å². The van der Waals surface area contributed by atoms with E-state index in [2.05, 4.69) is 20.7 Å². The van der Waals surface area contributed by atoms with E-state index < -0.39 is 15.8 Å². The largest absolute Gasteiger partial charge is 0.278 e. The SMILES string of the molecule is Cc1ccc(F)cc1S(=O)(=O)Nc1cc(Br)ccc1Cl. The lowest BCUT2D eigenvalue weighted by atomic mass is 10.2. The van der Waals surface area contributed by atoms with E-state index in [-0.39, 0.29) is 15.6 Å². The molecule has 0 heterocycles. The molecule has 1 N–H and O–H groups in total. The predicted molar refractivity (Wildman–Crippen MR) is 81.1 cm³/mol. The molecule has 20 heavy (non-hydrogen) atoms. The molecule has 106 valence electrons. The molecule has 0 spiro atoms. The van der Waals surface area contributed by atoms with Crippen LogP contribution in [0.25, 0.3) is 0 Å².